The Bertz CT molecular complexity index is 1000. The topological polar surface area (TPSA) is 59.8 Å². The van der Waals surface area contributed by atoms with Crippen molar-refractivity contribution in [3.05, 3.63) is 84.9 Å². The molecule has 5 heteroatoms. The molecule has 0 aliphatic heterocycles. The summed E-state index contributed by atoms with van der Waals surface area (Å²) < 4.78 is 1.76. The van der Waals surface area contributed by atoms with Gasteiger partial charge in [0.25, 0.3) is 5.91 Å². The number of benzene rings is 3. The Balaban J connectivity index is 1.66. The lowest BCUT2D eigenvalue weighted by molar-refractivity contribution is 0.102. The Hall–Kier alpha value is -3.47. The first-order valence-corrected chi connectivity index (χ1v) is 7.55. The molecule has 0 fully saturated rings. The maximum absolute atomic E-state index is 12.6. The van der Waals surface area contributed by atoms with Gasteiger partial charge in [0.1, 0.15) is 12.7 Å². The summed E-state index contributed by atoms with van der Waals surface area (Å²) in [4.78, 5) is 12.6. The minimum Gasteiger partial charge on any atom is -0.321 e. The third-order valence-electron chi connectivity index (χ3n) is 3.86. The molecule has 0 radical (unpaired) electrons. The molecule has 1 N–H and O–H groups in total. The second kappa shape index (κ2) is 5.96. The number of rotatable bonds is 3. The lowest BCUT2D eigenvalue weighted by Crippen LogP contribution is -2.12. The van der Waals surface area contributed by atoms with E-state index in [4.69, 9.17) is 0 Å². The maximum atomic E-state index is 12.6. The van der Waals surface area contributed by atoms with Crippen molar-refractivity contribution in [3.63, 3.8) is 0 Å². The van der Waals surface area contributed by atoms with Gasteiger partial charge in [0.05, 0.1) is 0 Å². The van der Waals surface area contributed by atoms with Gasteiger partial charge >= 0.3 is 0 Å². The van der Waals surface area contributed by atoms with E-state index in [-0.39, 0.29) is 5.91 Å². The fourth-order valence-electron chi connectivity index (χ4n) is 2.67. The molecule has 3 aromatic carbocycles. The summed E-state index contributed by atoms with van der Waals surface area (Å²) in [6, 6.07) is 21.2. The van der Waals surface area contributed by atoms with Gasteiger partial charge in [-0.25, -0.2) is 0 Å². The zero-order valence-corrected chi connectivity index (χ0v) is 12.8. The van der Waals surface area contributed by atoms with Crippen LogP contribution in [-0.4, -0.2) is 20.7 Å². The van der Waals surface area contributed by atoms with Crippen LogP contribution in [0.4, 0.5) is 5.69 Å². The highest BCUT2D eigenvalue weighted by Crippen LogP contribution is 2.23. The molecule has 0 unspecified atom stereocenters. The lowest BCUT2D eigenvalue weighted by atomic mass is 10.1. The van der Waals surface area contributed by atoms with E-state index in [0.29, 0.717) is 5.56 Å². The predicted molar refractivity (Wildman–Crippen MR) is 93.3 cm³/mol. The highest BCUT2D eigenvalue weighted by molar-refractivity contribution is 6.09. The van der Waals surface area contributed by atoms with Gasteiger partial charge in [-0.1, -0.05) is 42.5 Å². The van der Waals surface area contributed by atoms with Crippen molar-refractivity contribution in [2.45, 2.75) is 0 Å². The highest BCUT2D eigenvalue weighted by atomic mass is 16.1. The van der Waals surface area contributed by atoms with Gasteiger partial charge in [-0.15, -0.1) is 10.2 Å². The van der Waals surface area contributed by atoms with Crippen LogP contribution in [0.25, 0.3) is 16.5 Å². The third kappa shape index (κ3) is 2.63. The highest BCUT2D eigenvalue weighted by Gasteiger charge is 2.09. The number of nitrogens with one attached hydrogen (secondary N) is 1. The molecule has 0 spiro atoms. The largest absolute Gasteiger partial charge is 0.321 e. The van der Waals surface area contributed by atoms with Crippen molar-refractivity contribution < 1.29 is 4.79 Å². The summed E-state index contributed by atoms with van der Waals surface area (Å²) in [7, 11) is 0. The van der Waals surface area contributed by atoms with Crippen LogP contribution in [0, 0.1) is 0 Å². The van der Waals surface area contributed by atoms with Gasteiger partial charge in [-0.3, -0.25) is 9.36 Å². The minimum absolute atomic E-state index is 0.152. The summed E-state index contributed by atoms with van der Waals surface area (Å²) in [5.41, 5.74) is 2.22. The van der Waals surface area contributed by atoms with Crippen molar-refractivity contribution in [1.82, 2.24) is 14.8 Å². The fourth-order valence-corrected chi connectivity index (χ4v) is 2.67. The van der Waals surface area contributed by atoms with Crippen molar-refractivity contribution in [2.24, 2.45) is 0 Å². The van der Waals surface area contributed by atoms with Crippen LogP contribution in [0.15, 0.2) is 79.4 Å². The Morgan fingerprint density at radius 3 is 2.50 bits per heavy atom. The molecule has 0 saturated carbocycles. The Labute approximate surface area is 138 Å². The summed E-state index contributed by atoms with van der Waals surface area (Å²) in [6.45, 7) is 0. The normalized spacial score (nSPS) is 10.7. The molecule has 1 heterocycles. The number of hydrogen-bond donors (Lipinski definition) is 1. The standard InChI is InChI=1S/C19H14N4O/c24-19(15-7-3-8-16(11-15)23-12-20-21-13-23)22-18-10-4-6-14-5-1-2-9-17(14)18/h1-13H,(H,22,24). The van der Waals surface area contributed by atoms with Gasteiger partial charge in [0, 0.05) is 22.3 Å². The molecule has 0 atom stereocenters. The molecule has 0 aliphatic rings. The molecular formula is C19H14N4O. The van der Waals surface area contributed by atoms with E-state index in [1.165, 1.54) is 0 Å². The zero-order valence-electron chi connectivity index (χ0n) is 12.8. The summed E-state index contributed by atoms with van der Waals surface area (Å²) in [5.74, 6) is -0.152. The van der Waals surface area contributed by atoms with Crippen LogP contribution in [0.1, 0.15) is 10.4 Å². The summed E-state index contributed by atoms with van der Waals surface area (Å²) in [6.07, 6.45) is 3.20. The maximum Gasteiger partial charge on any atom is 0.255 e. The number of carbonyl (C=O) groups excluding carboxylic acids is 1. The van der Waals surface area contributed by atoms with E-state index in [1.807, 2.05) is 60.7 Å². The number of aromatic nitrogens is 3. The van der Waals surface area contributed by atoms with E-state index in [0.717, 1.165) is 22.1 Å². The van der Waals surface area contributed by atoms with E-state index >= 15 is 0 Å². The fraction of sp³-hybridized carbons (Fsp3) is 0. The Morgan fingerprint density at radius 1 is 0.875 bits per heavy atom. The number of hydrogen-bond acceptors (Lipinski definition) is 3. The molecular weight excluding hydrogens is 300 g/mol. The third-order valence-corrected chi connectivity index (χ3v) is 3.86. The van der Waals surface area contributed by atoms with Gasteiger partial charge in [-0.2, -0.15) is 0 Å². The van der Waals surface area contributed by atoms with Gasteiger partial charge in [-0.05, 0) is 29.7 Å². The molecule has 1 aromatic heterocycles. The average Bonchev–Trinajstić information content (AvgIpc) is 3.17. The molecule has 116 valence electrons. The van der Waals surface area contributed by atoms with Gasteiger partial charge < -0.3 is 5.32 Å². The molecule has 0 saturated heterocycles. The monoisotopic (exact) mass is 314 g/mol. The second-order valence-corrected chi connectivity index (χ2v) is 5.40. The second-order valence-electron chi connectivity index (χ2n) is 5.40. The number of amides is 1. The quantitative estimate of drug-likeness (QED) is 0.627. The zero-order chi connectivity index (χ0) is 16.4. The van der Waals surface area contributed by atoms with Crippen LogP contribution < -0.4 is 5.32 Å². The first-order valence-electron chi connectivity index (χ1n) is 7.55. The number of carbonyl (C=O) groups is 1. The summed E-state index contributed by atoms with van der Waals surface area (Å²) >= 11 is 0. The number of fused-ring (bicyclic) bond motifs is 1. The van der Waals surface area contributed by atoms with Crippen LogP contribution in [0.5, 0.6) is 0 Å². The van der Waals surface area contributed by atoms with Crippen molar-refractivity contribution in [1.29, 1.82) is 0 Å². The van der Waals surface area contributed by atoms with Crippen LogP contribution in [0.2, 0.25) is 0 Å². The molecule has 4 rings (SSSR count). The van der Waals surface area contributed by atoms with E-state index < -0.39 is 0 Å². The van der Waals surface area contributed by atoms with Crippen molar-refractivity contribution >= 4 is 22.4 Å². The lowest BCUT2D eigenvalue weighted by Gasteiger charge is -2.10. The number of anilines is 1. The van der Waals surface area contributed by atoms with E-state index in [9.17, 15) is 4.79 Å². The van der Waals surface area contributed by atoms with E-state index in [2.05, 4.69) is 15.5 Å². The first kappa shape index (κ1) is 14.1. The molecule has 5 nitrogen and oxygen atoms in total. The number of nitrogens with zero attached hydrogens (tertiary/aromatic N) is 3. The minimum atomic E-state index is -0.152. The molecule has 1 amide bonds. The Kier molecular flexibility index (Phi) is 3.51. The van der Waals surface area contributed by atoms with Crippen molar-refractivity contribution in [2.75, 3.05) is 5.32 Å². The molecule has 0 bridgehead atoms. The van der Waals surface area contributed by atoms with Crippen LogP contribution in [-0.2, 0) is 0 Å². The summed E-state index contributed by atoms with van der Waals surface area (Å²) in [5, 5.41) is 12.7. The van der Waals surface area contributed by atoms with Gasteiger partial charge in [0.15, 0.2) is 0 Å². The van der Waals surface area contributed by atoms with Gasteiger partial charge in [0.2, 0.25) is 0 Å². The first-order chi connectivity index (χ1) is 11.8. The van der Waals surface area contributed by atoms with Crippen LogP contribution >= 0.6 is 0 Å². The molecule has 0 aliphatic carbocycles. The van der Waals surface area contributed by atoms with Crippen LogP contribution in [0.3, 0.4) is 0 Å². The molecule has 4 aromatic rings. The molecule has 24 heavy (non-hydrogen) atoms. The Morgan fingerprint density at radius 2 is 1.62 bits per heavy atom. The predicted octanol–water partition coefficient (Wildman–Crippen LogP) is 3.67. The van der Waals surface area contributed by atoms with Crippen molar-refractivity contribution in [3.8, 4) is 5.69 Å². The average molecular weight is 314 g/mol. The smallest absolute Gasteiger partial charge is 0.255 e. The van der Waals surface area contributed by atoms with E-state index in [1.54, 1.807) is 23.3 Å². The SMILES string of the molecule is O=C(Nc1cccc2ccccc12)c1cccc(-n2cnnc2)c1.